The number of benzene rings is 1. The Morgan fingerprint density at radius 3 is 2.65 bits per heavy atom. The molecule has 120 valence electrons. The highest BCUT2D eigenvalue weighted by Crippen LogP contribution is 2.17. The number of nitrogens with zero attached hydrogens (tertiary/aromatic N) is 2. The molecular formula is C15H15N3O4S. The van der Waals surface area contributed by atoms with Gasteiger partial charge >= 0.3 is 0 Å². The van der Waals surface area contributed by atoms with Crippen LogP contribution >= 0.6 is 11.8 Å². The molecule has 7 nitrogen and oxygen atoms in total. The zero-order valence-corrected chi connectivity index (χ0v) is 13.3. The van der Waals surface area contributed by atoms with E-state index in [1.54, 1.807) is 0 Å². The van der Waals surface area contributed by atoms with Crippen LogP contribution in [0.3, 0.4) is 0 Å². The predicted octanol–water partition coefficient (Wildman–Crippen LogP) is 2.61. The van der Waals surface area contributed by atoms with Gasteiger partial charge in [0, 0.05) is 29.5 Å². The number of hydrogen-bond acceptors (Lipinski definition) is 6. The molecule has 0 fully saturated rings. The van der Waals surface area contributed by atoms with Crippen molar-refractivity contribution in [1.29, 1.82) is 0 Å². The number of nitro groups is 1. The van der Waals surface area contributed by atoms with Crippen molar-refractivity contribution in [3.8, 4) is 0 Å². The molecule has 0 atom stereocenters. The summed E-state index contributed by atoms with van der Waals surface area (Å²) in [5.41, 5.74) is 0.776. The summed E-state index contributed by atoms with van der Waals surface area (Å²) in [5, 5.41) is 11.0. The number of rotatable bonds is 7. The van der Waals surface area contributed by atoms with E-state index < -0.39 is 4.92 Å². The molecule has 0 radical (unpaired) electrons. The lowest BCUT2D eigenvalue weighted by atomic mass is 10.1. The second-order valence-electron chi connectivity index (χ2n) is 4.81. The number of nitro benzene ring substituents is 1. The fraction of sp³-hybridized carbons (Fsp3) is 0.267. The molecule has 1 heterocycles. The smallest absolute Gasteiger partial charge is 0.269 e. The SMILES string of the molecule is CCCc1cc(=O)[nH]c(SCC(=O)c2ccc([N+](=O)[O-])cc2)n1. The van der Waals surface area contributed by atoms with E-state index >= 15 is 0 Å². The molecule has 1 aromatic carbocycles. The third-order valence-corrected chi connectivity index (χ3v) is 3.89. The van der Waals surface area contributed by atoms with Crippen LogP contribution in [0.1, 0.15) is 29.4 Å². The number of carbonyl (C=O) groups excluding carboxylic acids is 1. The first-order valence-electron chi connectivity index (χ1n) is 7.00. The van der Waals surface area contributed by atoms with Crippen molar-refractivity contribution in [3.63, 3.8) is 0 Å². The van der Waals surface area contributed by atoms with Gasteiger partial charge in [-0.3, -0.25) is 19.7 Å². The Morgan fingerprint density at radius 1 is 1.35 bits per heavy atom. The number of hydrogen-bond donors (Lipinski definition) is 1. The molecule has 0 saturated carbocycles. The first-order valence-corrected chi connectivity index (χ1v) is 7.99. The van der Waals surface area contributed by atoms with Crippen LogP contribution in [0.2, 0.25) is 0 Å². The summed E-state index contributed by atoms with van der Waals surface area (Å²) in [6.45, 7) is 1.99. The van der Waals surface area contributed by atoms with Crippen LogP contribution in [0.5, 0.6) is 0 Å². The Balaban J connectivity index is 2.04. The number of thioether (sulfide) groups is 1. The third-order valence-electron chi connectivity index (χ3n) is 3.02. The van der Waals surface area contributed by atoms with Crippen molar-refractivity contribution in [2.24, 2.45) is 0 Å². The molecule has 0 amide bonds. The number of aromatic nitrogens is 2. The molecule has 0 aliphatic heterocycles. The lowest BCUT2D eigenvalue weighted by molar-refractivity contribution is -0.384. The average molecular weight is 333 g/mol. The minimum absolute atomic E-state index is 0.0625. The molecular weight excluding hydrogens is 318 g/mol. The van der Waals surface area contributed by atoms with E-state index in [9.17, 15) is 19.7 Å². The summed E-state index contributed by atoms with van der Waals surface area (Å²) >= 11 is 1.14. The predicted molar refractivity (Wildman–Crippen MR) is 87.0 cm³/mol. The number of Topliss-reactive ketones (excluding diaryl/α,β-unsaturated/α-hetero) is 1. The van der Waals surface area contributed by atoms with Gasteiger partial charge in [0.2, 0.25) is 0 Å². The summed E-state index contributed by atoms with van der Waals surface area (Å²) in [6.07, 6.45) is 1.58. The number of aromatic amines is 1. The number of aryl methyl sites for hydroxylation is 1. The standard InChI is InChI=1S/C15H15N3O4S/c1-2-3-11-8-14(20)17-15(16-11)23-9-13(19)10-4-6-12(7-5-10)18(21)22/h4-8H,2-3,9H2,1H3,(H,16,17,20). The molecule has 0 spiro atoms. The Morgan fingerprint density at radius 2 is 2.04 bits per heavy atom. The summed E-state index contributed by atoms with van der Waals surface area (Å²) in [5.74, 6) is -0.0930. The Kier molecular flexibility index (Phi) is 5.64. The number of H-pyrrole nitrogens is 1. The van der Waals surface area contributed by atoms with Crippen LogP contribution in [0.15, 0.2) is 40.3 Å². The maximum Gasteiger partial charge on any atom is 0.269 e. The highest BCUT2D eigenvalue weighted by molar-refractivity contribution is 7.99. The van der Waals surface area contributed by atoms with Crippen molar-refractivity contribution in [2.75, 3.05) is 5.75 Å². The van der Waals surface area contributed by atoms with E-state index in [-0.39, 0.29) is 22.8 Å². The second kappa shape index (κ2) is 7.68. The van der Waals surface area contributed by atoms with Crippen molar-refractivity contribution >= 4 is 23.2 Å². The number of nitrogens with one attached hydrogen (secondary N) is 1. The Hall–Kier alpha value is -2.48. The van der Waals surface area contributed by atoms with Crippen molar-refractivity contribution in [3.05, 3.63) is 62.1 Å². The van der Waals surface area contributed by atoms with E-state index in [0.29, 0.717) is 22.8 Å². The highest BCUT2D eigenvalue weighted by Gasteiger charge is 2.11. The van der Waals surface area contributed by atoms with Crippen LogP contribution in [0.4, 0.5) is 5.69 Å². The summed E-state index contributed by atoms with van der Waals surface area (Å²) in [6, 6.07) is 6.88. The maximum atomic E-state index is 12.1. The normalized spacial score (nSPS) is 10.5. The van der Waals surface area contributed by atoms with Gasteiger partial charge in [0.25, 0.3) is 11.2 Å². The molecule has 0 saturated heterocycles. The van der Waals surface area contributed by atoms with Crippen molar-refractivity contribution in [1.82, 2.24) is 9.97 Å². The first kappa shape index (κ1) is 16.9. The first-order chi connectivity index (χ1) is 11.0. The van der Waals surface area contributed by atoms with E-state index in [1.807, 2.05) is 6.92 Å². The molecule has 0 aliphatic carbocycles. The highest BCUT2D eigenvalue weighted by atomic mass is 32.2. The fourth-order valence-corrected chi connectivity index (χ4v) is 2.71. The minimum atomic E-state index is -0.517. The quantitative estimate of drug-likeness (QED) is 0.274. The summed E-state index contributed by atoms with van der Waals surface area (Å²) in [7, 11) is 0. The van der Waals surface area contributed by atoms with E-state index in [1.165, 1.54) is 30.3 Å². The van der Waals surface area contributed by atoms with Gasteiger partial charge in [-0.15, -0.1) is 0 Å². The van der Waals surface area contributed by atoms with Gasteiger partial charge in [0.1, 0.15) is 0 Å². The lowest BCUT2D eigenvalue weighted by Crippen LogP contribution is -2.11. The van der Waals surface area contributed by atoms with Crippen LogP contribution in [-0.2, 0) is 6.42 Å². The van der Waals surface area contributed by atoms with Crippen LogP contribution in [0, 0.1) is 10.1 Å². The van der Waals surface area contributed by atoms with E-state index in [0.717, 1.165) is 18.2 Å². The molecule has 23 heavy (non-hydrogen) atoms. The number of ketones is 1. The molecule has 1 N–H and O–H groups in total. The van der Waals surface area contributed by atoms with Gasteiger partial charge in [-0.25, -0.2) is 4.98 Å². The van der Waals surface area contributed by atoms with Crippen LogP contribution in [0.25, 0.3) is 0 Å². The third kappa shape index (κ3) is 4.75. The zero-order valence-electron chi connectivity index (χ0n) is 12.4. The maximum absolute atomic E-state index is 12.1. The topological polar surface area (TPSA) is 106 Å². The van der Waals surface area contributed by atoms with Gasteiger partial charge in [-0.2, -0.15) is 0 Å². The molecule has 0 aliphatic rings. The molecule has 2 aromatic rings. The van der Waals surface area contributed by atoms with Crippen molar-refractivity contribution < 1.29 is 9.72 Å². The largest absolute Gasteiger partial charge is 0.301 e. The van der Waals surface area contributed by atoms with Gasteiger partial charge in [0.15, 0.2) is 10.9 Å². The van der Waals surface area contributed by atoms with Crippen LogP contribution < -0.4 is 5.56 Å². The number of non-ortho nitro benzene ring substituents is 1. The molecule has 0 unspecified atom stereocenters. The lowest BCUT2D eigenvalue weighted by Gasteiger charge is -2.03. The molecule has 8 heteroatoms. The van der Waals surface area contributed by atoms with Gasteiger partial charge in [0.05, 0.1) is 10.7 Å². The van der Waals surface area contributed by atoms with Crippen LogP contribution in [-0.4, -0.2) is 26.4 Å². The summed E-state index contributed by atoms with van der Waals surface area (Å²) < 4.78 is 0. The Bertz CT molecular complexity index is 771. The fourth-order valence-electron chi connectivity index (χ4n) is 1.92. The Labute approximate surface area is 136 Å². The molecule has 2 rings (SSSR count). The average Bonchev–Trinajstić information content (AvgIpc) is 2.52. The second-order valence-corrected chi connectivity index (χ2v) is 5.77. The summed E-state index contributed by atoms with van der Waals surface area (Å²) in [4.78, 5) is 40.6. The molecule has 0 bridgehead atoms. The van der Waals surface area contributed by atoms with Gasteiger partial charge < -0.3 is 4.98 Å². The van der Waals surface area contributed by atoms with E-state index in [4.69, 9.17) is 0 Å². The molecule has 1 aromatic heterocycles. The van der Waals surface area contributed by atoms with E-state index in [2.05, 4.69) is 9.97 Å². The minimum Gasteiger partial charge on any atom is -0.301 e. The monoisotopic (exact) mass is 333 g/mol. The zero-order chi connectivity index (χ0) is 16.8. The van der Waals surface area contributed by atoms with Gasteiger partial charge in [-0.05, 0) is 18.6 Å². The van der Waals surface area contributed by atoms with Crippen molar-refractivity contribution in [2.45, 2.75) is 24.9 Å². The number of carbonyl (C=O) groups is 1. The van der Waals surface area contributed by atoms with Gasteiger partial charge in [-0.1, -0.05) is 25.1 Å².